The summed E-state index contributed by atoms with van der Waals surface area (Å²) in [6.07, 6.45) is 1.57. The minimum atomic E-state index is -0.783. The monoisotopic (exact) mass is 237 g/mol. The van der Waals surface area contributed by atoms with Crippen molar-refractivity contribution < 1.29 is 8.78 Å². The van der Waals surface area contributed by atoms with E-state index in [1.165, 1.54) is 6.07 Å². The lowest BCUT2D eigenvalue weighted by Crippen LogP contribution is -1.98. The van der Waals surface area contributed by atoms with Crippen molar-refractivity contribution in [1.82, 2.24) is 9.97 Å². The molecule has 3 N–H and O–H groups in total. The maximum absolute atomic E-state index is 13.7. The zero-order chi connectivity index (χ0) is 12.6. The van der Waals surface area contributed by atoms with E-state index in [2.05, 4.69) is 9.97 Å². The molecule has 2 aromatic rings. The largest absolute Gasteiger partial charge is 0.396 e. The number of halogens is 2. The van der Waals surface area contributed by atoms with Gasteiger partial charge >= 0.3 is 0 Å². The van der Waals surface area contributed by atoms with Gasteiger partial charge in [0, 0.05) is 11.9 Å². The van der Waals surface area contributed by atoms with Gasteiger partial charge in [0.1, 0.15) is 11.6 Å². The van der Waals surface area contributed by atoms with Crippen LogP contribution in [0.1, 0.15) is 25.5 Å². The van der Waals surface area contributed by atoms with Crippen molar-refractivity contribution in [2.45, 2.75) is 19.8 Å². The average molecular weight is 237 g/mol. The summed E-state index contributed by atoms with van der Waals surface area (Å²) in [6, 6.07) is 2.33. The molecule has 0 spiro atoms. The van der Waals surface area contributed by atoms with E-state index >= 15 is 0 Å². The minimum Gasteiger partial charge on any atom is -0.396 e. The summed E-state index contributed by atoms with van der Waals surface area (Å²) in [4.78, 5) is 6.87. The van der Waals surface area contributed by atoms with E-state index in [9.17, 15) is 8.78 Å². The Morgan fingerprint density at radius 2 is 2.00 bits per heavy atom. The number of rotatable bonds is 2. The summed E-state index contributed by atoms with van der Waals surface area (Å²) in [5.74, 6) is -1.09. The fraction of sp³-hybridized carbons (Fsp3) is 0.250. The molecule has 0 amide bonds. The Balaban J connectivity index is 2.56. The zero-order valence-corrected chi connectivity index (χ0v) is 9.59. The first-order valence-corrected chi connectivity index (χ1v) is 5.29. The summed E-state index contributed by atoms with van der Waals surface area (Å²) in [7, 11) is 0. The third-order valence-corrected chi connectivity index (χ3v) is 2.58. The molecular weight excluding hydrogens is 224 g/mol. The van der Waals surface area contributed by atoms with Crippen LogP contribution in [0.5, 0.6) is 0 Å². The van der Waals surface area contributed by atoms with Crippen LogP contribution in [-0.4, -0.2) is 9.97 Å². The van der Waals surface area contributed by atoms with Gasteiger partial charge in [0.15, 0.2) is 5.82 Å². The maximum Gasteiger partial charge on any atom is 0.159 e. The van der Waals surface area contributed by atoms with E-state index in [0.717, 1.165) is 11.8 Å². The summed E-state index contributed by atoms with van der Waals surface area (Å²) in [5, 5.41) is 0. The molecule has 0 aliphatic carbocycles. The number of nitrogens with zero attached hydrogens (tertiary/aromatic N) is 1. The van der Waals surface area contributed by atoms with Crippen LogP contribution in [0, 0.1) is 11.6 Å². The number of nitrogens with one attached hydrogen (secondary N) is 1. The van der Waals surface area contributed by atoms with Crippen LogP contribution >= 0.6 is 0 Å². The van der Waals surface area contributed by atoms with Crippen LogP contribution < -0.4 is 5.73 Å². The fourth-order valence-electron chi connectivity index (χ4n) is 1.54. The third-order valence-electron chi connectivity index (χ3n) is 2.58. The number of H-pyrrole nitrogens is 1. The number of imidazole rings is 1. The summed E-state index contributed by atoms with van der Waals surface area (Å²) < 4.78 is 27.3. The molecular formula is C12H13F2N3. The van der Waals surface area contributed by atoms with Crippen molar-refractivity contribution in [3.8, 4) is 11.4 Å². The molecule has 5 heteroatoms. The number of nitrogens with two attached hydrogens (primary N) is 1. The highest BCUT2D eigenvalue weighted by atomic mass is 19.1. The van der Waals surface area contributed by atoms with Crippen LogP contribution in [0.3, 0.4) is 0 Å². The molecule has 1 heterocycles. The Morgan fingerprint density at radius 3 is 2.59 bits per heavy atom. The molecule has 3 nitrogen and oxygen atoms in total. The van der Waals surface area contributed by atoms with Crippen LogP contribution in [0.15, 0.2) is 18.3 Å². The van der Waals surface area contributed by atoms with Gasteiger partial charge in [0.05, 0.1) is 11.3 Å². The van der Waals surface area contributed by atoms with Gasteiger partial charge in [-0.1, -0.05) is 13.8 Å². The Hall–Kier alpha value is -1.91. The van der Waals surface area contributed by atoms with E-state index in [1.54, 1.807) is 6.20 Å². The number of nitrogen functional groups attached to an aromatic ring is 1. The second-order valence-corrected chi connectivity index (χ2v) is 4.17. The molecule has 0 aliphatic heterocycles. The third kappa shape index (κ3) is 2.00. The number of hydrogen-bond donors (Lipinski definition) is 2. The summed E-state index contributed by atoms with van der Waals surface area (Å²) in [6.45, 7) is 3.92. The van der Waals surface area contributed by atoms with Crippen molar-refractivity contribution in [2.75, 3.05) is 5.73 Å². The molecule has 1 aromatic heterocycles. The van der Waals surface area contributed by atoms with Crippen LogP contribution in [0.4, 0.5) is 14.5 Å². The van der Waals surface area contributed by atoms with Crippen molar-refractivity contribution in [2.24, 2.45) is 0 Å². The molecule has 0 saturated carbocycles. The van der Waals surface area contributed by atoms with Crippen molar-refractivity contribution >= 4 is 5.69 Å². The second-order valence-electron chi connectivity index (χ2n) is 4.17. The van der Waals surface area contributed by atoms with E-state index < -0.39 is 11.6 Å². The molecule has 1 aromatic carbocycles. The van der Waals surface area contributed by atoms with Gasteiger partial charge in [-0.3, -0.25) is 0 Å². The molecule has 0 aliphatic rings. The van der Waals surface area contributed by atoms with Gasteiger partial charge in [-0.2, -0.15) is 0 Å². The summed E-state index contributed by atoms with van der Waals surface area (Å²) in [5.41, 5.74) is 5.93. The van der Waals surface area contributed by atoms with E-state index in [1.807, 2.05) is 13.8 Å². The van der Waals surface area contributed by atoms with E-state index in [4.69, 9.17) is 5.73 Å². The van der Waals surface area contributed by atoms with Gasteiger partial charge in [0.25, 0.3) is 0 Å². The smallest absolute Gasteiger partial charge is 0.159 e. The summed E-state index contributed by atoms with van der Waals surface area (Å²) >= 11 is 0. The maximum atomic E-state index is 13.7. The molecule has 0 bridgehead atoms. The van der Waals surface area contributed by atoms with Crippen molar-refractivity contribution in [1.29, 1.82) is 0 Å². The average Bonchev–Trinajstić information content (AvgIpc) is 2.73. The standard InChI is InChI=1S/C12H13F2N3/c1-6(2)9-5-16-12(17-9)10-7(13)3-4-8(15)11(10)14/h3-6H,15H2,1-2H3,(H,16,17). The lowest BCUT2D eigenvalue weighted by molar-refractivity contribution is 0.590. The van der Waals surface area contributed by atoms with Crippen molar-refractivity contribution in [3.63, 3.8) is 0 Å². The van der Waals surface area contributed by atoms with Gasteiger partial charge in [0.2, 0.25) is 0 Å². The first kappa shape index (κ1) is 11.6. The SMILES string of the molecule is CC(C)c1cnc(-c2c(F)ccc(N)c2F)[nH]1. The predicted octanol–water partition coefficient (Wildman–Crippen LogP) is 3.06. The van der Waals surface area contributed by atoms with E-state index in [0.29, 0.717) is 0 Å². The number of aromatic amines is 1. The normalized spacial score (nSPS) is 11.1. The lowest BCUT2D eigenvalue weighted by atomic mass is 10.1. The van der Waals surface area contributed by atoms with Gasteiger partial charge in [-0.25, -0.2) is 13.8 Å². The van der Waals surface area contributed by atoms with Crippen LogP contribution in [0.2, 0.25) is 0 Å². The number of aromatic nitrogens is 2. The molecule has 0 radical (unpaired) electrons. The number of hydrogen-bond acceptors (Lipinski definition) is 2. The highest BCUT2D eigenvalue weighted by Crippen LogP contribution is 2.28. The quantitative estimate of drug-likeness (QED) is 0.789. The van der Waals surface area contributed by atoms with Gasteiger partial charge in [-0.05, 0) is 18.1 Å². The topological polar surface area (TPSA) is 54.7 Å². The Kier molecular flexibility index (Phi) is 2.83. The highest BCUT2D eigenvalue weighted by molar-refractivity contribution is 5.63. The van der Waals surface area contributed by atoms with Gasteiger partial charge in [-0.15, -0.1) is 0 Å². The zero-order valence-electron chi connectivity index (χ0n) is 9.59. The van der Waals surface area contributed by atoms with Crippen LogP contribution in [0.25, 0.3) is 11.4 Å². The molecule has 0 fully saturated rings. The predicted molar refractivity (Wildman–Crippen MR) is 62.4 cm³/mol. The molecule has 17 heavy (non-hydrogen) atoms. The molecule has 0 saturated heterocycles. The number of anilines is 1. The second kappa shape index (κ2) is 4.16. The molecule has 0 atom stereocenters. The molecule has 0 unspecified atom stereocenters. The van der Waals surface area contributed by atoms with E-state index in [-0.39, 0.29) is 23.0 Å². The lowest BCUT2D eigenvalue weighted by Gasteiger charge is -2.04. The number of benzene rings is 1. The van der Waals surface area contributed by atoms with Crippen molar-refractivity contribution in [3.05, 3.63) is 35.7 Å². The Bertz CT molecular complexity index is 547. The fourth-order valence-corrected chi connectivity index (χ4v) is 1.54. The highest BCUT2D eigenvalue weighted by Gasteiger charge is 2.17. The first-order chi connectivity index (χ1) is 8.00. The molecule has 90 valence electrons. The Labute approximate surface area is 97.7 Å². The van der Waals surface area contributed by atoms with Crippen LogP contribution in [-0.2, 0) is 0 Å². The minimum absolute atomic E-state index is 0.0936. The first-order valence-electron chi connectivity index (χ1n) is 5.29. The Morgan fingerprint density at radius 1 is 1.29 bits per heavy atom. The molecule has 2 rings (SSSR count). The van der Waals surface area contributed by atoms with Gasteiger partial charge < -0.3 is 10.7 Å².